The lowest BCUT2D eigenvalue weighted by atomic mass is 10.0. The first-order chi connectivity index (χ1) is 10.3. The first-order valence-corrected chi connectivity index (χ1v) is 8.20. The van der Waals surface area contributed by atoms with Crippen molar-refractivity contribution in [3.8, 4) is 0 Å². The van der Waals surface area contributed by atoms with Gasteiger partial charge in [-0.25, -0.2) is 0 Å². The summed E-state index contributed by atoms with van der Waals surface area (Å²) in [6.45, 7) is 0.783. The molecule has 2 heterocycles. The normalized spacial score (nSPS) is 19.3. The van der Waals surface area contributed by atoms with Crippen LogP contribution in [0.25, 0.3) is 0 Å². The molecular formula is C17H19NO2S. The molecule has 3 rings (SSSR count). The molecule has 2 unspecified atom stereocenters. The lowest BCUT2D eigenvalue weighted by molar-refractivity contribution is -0.123. The monoisotopic (exact) mass is 301 g/mol. The lowest BCUT2D eigenvalue weighted by Gasteiger charge is -2.19. The Balaban J connectivity index is 1.72. The number of hydrogen-bond acceptors (Lipinski definition) is 3. The second-order valence-corrected chi connectivity index (χ2v) is 6.25. The summed E-state index contributed by atoms with van der Waals surface area (Å²) in [7, 11) is 0. The zero-order valence-electron chi connectivity index (χ0n) is 11.8. The van der Waals surface area contributed by atoms with Crippen LogP contribution in [0.4, 0.5) is 0 Å². The van der Waals surface area contributed by atoms with Gasteiger partial charge in [0, 0.05) is 11.5 Å². The van der Waals surface area contributed by atoms with Crippen molar-refractivity contribution >= 4 is 17.2 Å². The summed E-state index contributed by atoms with van der Waals surface area (Å²) in [4.78, 5) is 13.4. The molecule has 0 bridgehead atoms. The van der Waals surface area contributed by atoms with Crippen LogP contribution in [-0.4, -0.2) is 18.6 Å². The van der Waals surface area contributed by atoms with E-state index in [0.29, 0.717) is 6.42 Å². The van der Waals surface area contributed by atoms with Crippen molar-refractivity contribution in [2.75, 3.05) is 6.61 Å². The minimum atomic E-state index is -0.0693. The maximum absolute atomic E-state index is 12.3. The Morgan fingerprint density at radius 1 is 1.29 bits per heavy atom. The number of carbonyl (C=O) groups excluding carboxylic acids is 1. The average molecular weight is 301 g/mol. The summed E-state index contributed by atoms with van der Waals surface area (Å²) in [6.07, 6.45) is 2.59. The highest BCUT2D eigenvalue weighted by Crippen LogP contribution is 2.26. The van der Waals surface area contributed by atoms with E-state index >= 15 is 0 Å². The van der Waals surface area contributed by atoms with E-state index in [9.17, 15) is 4.79 Å². The zero-order chi connectivity index (χ0) is 14.5. The van der Waals surface area contributed by atoms with E-state index in [1.807, 2.05) is 29.6 Å². The molecular weight excluding hydrogens is 282 g/mol. The van der Waals surface area contributed by atoms with Crippen LogP contribution in [0.5, 0.6) is 0 Å². The predicted molar refractivity (Wildman–Crippen MR) is 84.3 cm³/mol. The number of thiophene rings is 1. The maximum Gasteiger partial charge on any atom is 0.223 e. The van der Waals surface area contributed by atoms with Crippen LogP contribution in [0.2, 0.25) is 0 Å². The summed E-state index contributed by atoms with van der Waals surface area (Å²) in [5.41, 5.74) is 1.11. The summed E-state index contributed by atoms with van der Waals surface area (Å²) < 4.78 is 5.54. The number of ether oxygens (including phenoxy) is 1. The highest BCUT2D eigenvalue weighted by atomic mass is 32.1. The fraction of sp³-hybridized carbons (Fsp3) is 0.353. The van der Waals surface area contributed by atoms with E-state index in [1.165, 1.54) is 0 Å². The molecule has 0 radical (unpaired) electrons. The van der Waals surface area contributed by atoms with Crippen molar-refractivity contribution in [2.24, 2.45) is 0 Å². The van der Waals surface area contributed by atoms with E-state index in [1.54, 1.807) is 11.3 Å². The van der Waals surface area contributed by atoms with Gasteiger partial charge in [0.15, 0.2) is 0 Å². The first-order valence-electron chi connectivity index (χ1n) is 7.32. The number of nitrogens with one attached hydrogen (secondary N) is 1. The third-order valence-corrected chi connectivity index (χ3v) is 4.64. The third kappa shape index (κ3) is 3.71. The molecule has 1 aliphatic rings. The second kappa shape index (κ2) is 6.87. The molecule has 1 aromatic carbocycles. The van der Waals surface area contributed by atoms with Gasteiger partial charge in [0.2, 0.25) is 5.91 Å². The summed E-state index contributed by atoms with van der Waals surface area (Å²) >= 11 is 1.66. The topological polar surface area (TPSA) is 38.3 Å². The molecule has 2 aromatic rings. The van der Waals surface area contributed by atoms with Gasteiger partial charge in [-0.3, -0.25) is 4.79 Å². The smallest absolute Gasteiger partial charge is 0.223 e. The molecule has 0 saturated carbocycles. The lowest BCUT2D eigenvalue weighted by Crippen LogP contribution is -2.31. The van der Waals surface area contributed by atoms with Crippen molar-refractivity contribution < 1.29 is 9.53 Å². The molecule has 1 amide bonds. The zero-order valence-corrected chi connectivity index (χ0v) is 12.6. The third-order valence-electron chi connectivity index (χ3n) is 3.70. The molecule has 2 atom stereocenters. The highest BCUT2D eigenvalue weighted by molar-refractivity contribution is 7.10. The van der Waals surface area contributed by atoms with Crippen molar-refractivity contribution in [2.45, 2.75) is 31.4 Å². The molecule has 3 nitrogen and oxygen atoms in total. The number of benzene rings is 1. The minimum absolute atomic E-state index is 0.0594. The van der Waals surface area contributed by atoms with Gasteiger partial charge in [0.25, 0.3) is 0 Å². The van der Waals surface area contributed by atoms with Crippen molar-refractivity contribution in [1.29, 1.82) is 0 Å². The molecule has 1 aromatic heterocycles. The first kappa shape index (κ1) is 14.3. The van der Waals surface area contributed by atoms with Crippen molar-refractivity contribution in [3.63, 3.8) is 0 Å². The van der Waals surface area contributed by atoms with Gasteiger partial charge >= 0.3 is 0 Å². The van der Waals surface area contributed by atoms with Gasteiger partial charge in [-0.15, -0.1) is 11.3 Å². The van der Waals surface area contributed by atoms with E-state index in [2.05, 4.69) is 23.5 Å². The maximum atomic E-state index is 12.3. The molecule has 4 heteroatoms. The van der Waals surface area contributed by atoms with Crippen molar-refractivity contribution in [3.05, 3.63) is 58.3 Å². The van der Waals surface area contributed by atoms with Gasteiger partial charge in [0.05, 0.1) is 18.6 Å². The van der Waals surface area contributed by atoms with Crippen LogP contribution < -0.4 is 5.32 Å². The summed E-state index contributed by atoms with van der Waals surface area (Å²) in [6, 6.07) is 14.1. The van der Waals surface area contributed by atoms with Crippen molar-refractivity contribution in [1.82, 2.24) is 5.32 Å². The van der Waals surface area contributed by atoms with E-state index in [0.717, 1.165) is 29.9 Å². The van der Waals surface area contributed by atoms with E-state index < -0.39 is 0 Å². The standard InChI is InChI=1S/C17H19NO2S/c19-16(12-14-8-4-10-20-14)18-17(15-9-5-11-21-15)13-6-2-1-3-7-13/h1-3,5-7,9,11,14,17H,4,8,10,12H2,(H,18,19). The van der Waals surface area contributed by atoms with Gasteiger partial charge in [-0.1, -0.05) is 36.4 Å². The van der Waals surface area contributed by atoms with Gasteiger partial charge in [0.1, 0.15) is 0 Å². The Kier molecular flexibility index (Phi) is 4.68. The summed E-state index contributed by atoms with van der Waals surface area (Å²) in [5, 5.41) is 5.19. The molecule has 110 valence electrons. The second-order valence-electron chi connectivity index (χ2n) is 5.27. The SMILES string of the molecule is O=C(CC1CCCO1)NC(c1ccccc1)c1cccs1. The highest BCUT2D eigenvalue weighted by Gasteiger charge is 2.22. The Morgan fingerprint density at radius 3 is 2.81 bits per heavy atom. The van der Waals surface area contributed by atoms with Crippen LogP contribution in [0.15, 0.2) is 47.8 Å². The molecule has 1 saturated heterocycles. The van der Waals surface area contributed by atoms with Crippen LogP contribution in [0, 0.1) is 0 Å². The Bertz CT molecular complexity index is 562. The number of rotatable bonds is 5. The fourth-order valence-electron chi connectivity index (χ4n) is 2.65. The molecule has 1 N–H and O–H groups in total. The van der Waals surface area contributed by atoms with E-state index in [4.69, 9.17) is 4.74 Å². The number of amides is 1. The minimum Gasteiger partial charge on any atom is -0.378 e. The van der Waals surface area contributed by atoms with E-state index in [-0.39, 0.29) is 18.1 Å². The van der Waals surface area contributed by atoms with Crippen LogP contribution >= 0.6 is 11.3 Å². The molecule has 21 heavy (non-hydrogen) atoms. The Hall–Kier alpha value is -1.65. The Morgan fingerprint density at radius 2 is 2.14 bits per heavy atom. The van der Waals surface area contributed by atoms with Gasteiger partial charge < -0.3 is 10.1 Å². The van der Waals surface area contributed by atoms with Crippen LogP contribution in [-0.2, 0) is 9.53 Å². The van der Waals surface area contributed by atoms with Gasteiger partial charge in [-0.05, 0) is 29.9 Å². The largest absolute Gasteiger partial charge is 0.378 e. The fourth-order valence-corrected chi connectivity index (χ4v) is 3.45. The predicted octanol–water partition coefficient (Wildman–Crippen LogP) is 3.52. The molecule has 0 spiro atoms. The van der Waals surface area contributed by atoms with Crippen LogP contribution in [0.1, 0.15) is 35.7 Å². The summed E-state index contributed by atoms with van der Waals surface area (Å²) in [5.74, 6) is 0.0594. The molecule has 1 aliphatic heterocycles. The number of hydrogen-bond donors (Lipinski definition) is 1. The molecule has 1 fully saturated rings. The van der Waals surface area contributed by atoms with Gasteiger partial charge in [-0.2, -0.15) is 0 Å². The Labute approximate surface area is 129 Å². The molecule has 0 aliphatic carbocycles. The van der Waals surface area contributed by atoms with Crippen LogP contribution in [0.3, 0.4) is 0 Å². The quantitative estimate of drug-likeness (QED) is 0.917. The number of carbonyl (C=O) groups is 1. The average Bonchev–Trinajstić information content (AvgIpc) is 3.19.